The van der Waals surface area contributed by atoms with E-state index in [1.807, 2.05) is 0 Å². The number of carbonyl (C=O) groups is 1. The Morgan fingerprint density at radius 3 is 1.38 bits per heavy atom. The van der Waals surface area contributed by atoms with E-state index >= 15 is 0 Å². The average Bonchev–Trinajstić information content (AvgIpc) is 2.95. The topological polar surface area (TPSA) is 49.8 Å². The van der Waals surface area contributed by atoms with Crippen LogP contribution in [0.5, 0.6) is 0 Å². The molecule has 1 atom stereocenters. The minimum absolute atomic E-state index is 0.0218. The molecule has 0 amide bonds. The van der Waals surface area contributed by atoms with Crippen molar-refractivity contribution in [3.8, 4) is 0 Å². The molecule has 0 aliphatic carbocycles. The summed E-state index contributed by atoms with van der Waals surface area (Å²) in [5.41, 5.74) is 0. The van der Waals surface area contributed by atoms with Gasteiger partial charge in [0.05, 0.1) is 6.61 Å². The largest absolute Gasteiger partial charge is 0.462 e. The van der Waals surface area contributed by atoms with Crippen LogP contribution in [0.25, 0.3) is 0 Å². The minimum atomic E-state index is 0.0218. The summed E-state index contributed by atoms with van der Waals surface area (Å²) in [7, 11) is 0. The average molecular weight is 568 g/mol. The standard InChI is InChI=1S/C36H73NO3/c1-4-7-10-12-13-14-15-16-17-18-21-26-31-37(33-34-38)32-27-22-19-20-25-30-36(39)40-35(28-23-9-6-3)29-24-11-8-5-2/h35,38H,4-34H2,1-3H3. The van der Waals surface area contributed by atoms with E-state index in [-0.39, 0.29) is 18.7 Å². The molecule has 1 unspecified atom stereocenters. The van der Waals surface area contributed by atoms with Crippen molar-refractivity contribution in [3.05, 3.63) is 0 Å². The number of esters is 1. The highest BCUT2D eigenvalue weighted by atomic mass is 16.5. The van der Waals surface area contributed by atoms with Crippen LogP contribution in [0.3, 0.4) is 0 Å². The Hall–Kier alpha value is -0.610. The highest BCUT2D eigenvalue weighted by molar-refractivity contribution is 5.69. The molecule has 0 saturated heterocycles. The minimum Gasteiger partial charge on any atom is -0.462 e. The number of nitrogens with zero attached hydrogens (tertiary/aromatic N) is 1. The molecule has 0 heterocycles. The Kier molecular flexibility index (Phi) is 32.4. The van der Waals surface area contributed by atoms with Crippen LogP contribution < -0.4 is 0 Å². The lowest BCUT2D eigenvalue weighted by Crippen LogP contribution is -2.29. The molecule has 0 bridgehead atoms. The molecule has 0 aliphatic rings. The van der Waals surface area contributed by atoms with E-state index in [0.29, 0.717) is 6.42 Å². The van der Waals surface area contributed by atoms with Crippen molar-refractivity contribution >= 4 is 5.97 Å². The Morgan fingerprint density at radius 2 is 0.900 bits per heavy atom. The molecular weight excluding hydrogens is 494 g/mol. The molecular formula is C36H73NO3. The van der Waals surface area contributed by atoms with Gasteiger partial charge in [0.15, 0.2) is 0 Å². The molecule has 0 radical (unpaired) electrons. The molecule has 0 aromatic heterocycles. The van der Waals surface area contributed by atoms with Gasteiger partial charge in [-0.1, -0.05) is 143 Å². The van der Waals surface area contributed by atoms with Crippen LogP contribution in [-0.2, 0) is 9.53 Å². The first kappa shape index (κ1) is 39.4. The van der Waals surface area contributed by atoms with Gasteiger partial charge in [0.1, 0.15) is 6.10 Å². The van der Waals surface area contributed by atoms with Crippen molar-refractivity contribution in [2.75, 3.05) is 26.2 Å². The molecule has 0 spiro atoms. The van der Waals surface area contributed by atoms with Crippen LogP contribution in [0.1, 0.15) is 194 Å². The van der Waals surface area contributed by atoms with Crippen molar-refractivity contribution in [3.63, 3.8) is 0 Å². The van der Waals surface area contributed by atoms with Crippen LogP contribution in [0.15, 0.2) is 0 Å². The monoisotopic (exact) mass is 568 g/mol. The third-order valence-electron chi connectivity index (χ3n) is 8.41. The number of carbonyl (C=O) groups excluding carboxylic acids is 1. The number of aliphatic hydroxyl groups is 1. The first-order chi connectivity index (χ1) is 19.7. The van der Waals surface area contributed by atoms with Crippen LogP contribution in [-0.4, -0.2) is 48.3 Å². The van der Waals surface area contributed by atoms with E-state index in [9.17, 15) is 9.90 Å². The summed E-state index contributed by atoms with van der Waals surface area (Å²) in [5, 5.41) is 9.46. The van der Waals surface area contributed by atoms with Crippen molar-refractivity contribution in [2.24, 2.45) is 0 Å². The Balaban J connectivity index is 3.79. The summed E-state index contributed by atoms with van der Waals surface area (Å²) in [6.45, 7) is 10.0. The summed E-state index contributed by atoms with van der Waals surface area (Å²) in [6.07, 6.45) is 33.7. The van der Waals surface area contributed by atoms with E-state index in [1.165, 1.54) is 141 Å². The third kappa shape index (κ3) is 28.9. The van der Waals surface area contributed by atoms with Crippen molar-refractivity contribution in [1.29, 1.82) is 0 Å². The van der Waals surface area contributed by atoms with Gasteiger partial charge in [-0.25, -0.2) is 0 Å². The van der Waals surface area contributed by atoms with Crippen LogP contribution in [0.2, 0.25) is 0 Å². The van der Waals surface area contributed by atoms with Gasteiger partial charge in [0, 0.05) is 13.0 Å². The van der Waals surface area contributed by atoms with Gasteiger partial charge in [-0.05, 0) is 58.0 Å². The van der Waals surface area contributed by atoms with Gasteiger partial charge >= 0.3 is 5.97 Å². The zero-order valence-corrected chi connectivity index (χ0v) is 27.7. The zero-order chi connectivity index (χ0) is 29.4. The summed E-state index contributed by atoms with van der Waals surface area (Å²) < 4.78 is 5.89. The Bertz CT molecular complexity index is 498. The number of rotatable bonds is 33. The van der Waals surface area contributed by atoms with Gasteiger partial charge < -0.3 is 14.7 Å². The van der Waals surface area contributed by atoms with Gasteiger partial charge in [-0.15, -0.1) is 0 Å². The van der Waals surface area contributed by atoms with Crippen LogP contribution in [0, 0.1) is 0 Å². The molecule has 0 aromatic carbocycles. The smallest absolute Gasteiger partial charge is 0.306 e. The Morgan fingerprint density at radius 1 is 0.525 bits per heavy atom. The van der Waals surface area contributed by atoms with Gasteiger partial charge in [0.25, 0.3) is 0 Å². The van der Waals surface area contributed by atoms with Gasteiger partial charge in [0.2, 0.25) is 0 Å². The van der Waals surface area contributed by atoms with Crippen molar-refractivity contribution < 1.29 is 14.6 Å². The molecule has 0 rings (SSSR count). The highest BCUT2D eigenvalue weighted by Crippen LogP contribution is 2.17. The molecule has 40 heavy (non-hydrogen) atoms. The lowest BCUT2D eigenvalue weighted by Gasteiger charge is -2.21. The summed E-state index contributed by atoms with van der Waals surface area (Å²) in [4.78, 5) is 14.9. The molecule has 0 saturated carbocycles. The number of aliphatic hydroxyl groups excluding tert-OH is 1. The van der Waals surface area contributed by atoms with Crippen molar-refractivity contribution in [2.45, 2.75) is 200 Å². The molecule has 0 aromatic rings. The fourth-order valence-corrected chi connectivity index (χ4v) is 5.72. The van der Waals surface area contributed by atoms with Crippen molar-refractivity contribution in [1.82, 2.24) is 4.90 Å². The summed E-state index contributed by atoms with van der Waals surface area (Å²) in [6, 6.07) is 0. The maximum absolute atomic E-state index is 12.4. The maximum Gasteiger partial charge on any atom is 0.306 e. The first-order valence-electron chi connectivity index (χ1n) is 18.2. The van der Waals surface area contributed by atoms with E-state index in [4.69, 9.17) is 4.74 Å². The third-order valence-corrected chi connectivity index (χ3v) is 8.41. The van der Waals surface area contributed by atoms with Crippen LogP contribution >= 0.6 is 0 Å². The molecule has 240 valence electrons. The quantitative estimate of drug-likeness (QED) is 0.0633. The van der Waals surface area contributed by atoms with Gasteiger partial charge in [-0.2, -0.15) is 0 Å². The molecule has 4 heteroatoms. The zero-order valence-electron chi connectivity index (χ0n) is 27.7. The normalized spacial score (nSPS) is 12.3. The fourth-order valence-electron chi connectivity index (χ4n) is 5.72. The van der Waals surface area contributed by atoms with E-state index < -0.39 is 0 Å². The molecule has 4 nitrogen and oxygen atoms in total. The lowest BCUT2D eigenvalue weighted by atomic mass is 10.0. The summed E-state index contributed by atoms with van der Waals surface area (Å²) >= 11 is 0. The van der Waals surface area contributed by atoms with Gasteiger partial charge in [-0.3, -0.25) is 4.79 Å². The SMILES string of the molecule is CCCCCCCCCCCCCCN(CCO)CCCCCCCC(=O)OC(CCCCC)CCCCCC. The number of hydrogen-bond donors (Lipinski definition) is 1. The van der Waals surface area contributed by atoms with E-state index in [2.05, 4.69) is 25.7 Å². The molecule has 0 aliphatic heterocycles. The van der Waals surface area contributed by atoms with E-state index in [1.54, 1.807) is 0 Å². The maximum atomic E-state index is 12.4. The second-order valence-electron chi connectivity index (χ2n) is 12.4. The fraction of sp³-hybridized carbons (Fsp3) is 0.972. The number of unbranched alkanes of at least 4 members (excludes halogenated alkanes) is 20. The molecule has 1 N–H and O–H groups in total. The van der Waals surface area contributed by atoms with E-state index in [0.717, 1.165) is 45.3 Å². The number of hydrogen-bond acceptors (Lipinski definition) is 4. The summed E-state index contributed by atoms with van der Waals surface area (Å²) in [5.74, 6) is 0.0218. The van der Waals surface area contributed by atoms with Crippen LogP contribution in [0.4, 0.5) is 0 Å². The first-order valence-corrected chi connectivity index (χ1v) is 18.2. The predicted octanol–water partition coefficient (Wildman–Crippen LogP) is 10.8. The number of ether oxygens (including phenoxy) is 1. The second-order valence-corrected chi connectivity index (χ2v) is 12.4. The highest BCUT2D eigenvalue weighted by Gasteiger charge is 2.14. The Labute approximate surface area is 251 Å². The second kappa shape index (κ2) is 32.9. The predicted molar refractivity (Wildman–Crippen MR) is 175 cm³/mol. The molecule has 0 fully saturated rings. The lowest BCUT2D eigenvalue weighted by molar-refractivity contribution is -0.150.